The predicted octanol–water partition coefficient (Wildman–Crippen LogP) is 3.58. The van der Waals surface area contributed by atoms with E-state index in [1.807, 2.05) is 0 Å². The lowest BCUT2D eigenvalue weighted by atomic mass is 9.87. The van der Waals surface area contributed by atoms with Gasteiger partial charge in [-0.25, -0.2) is 0 Å². The van der Waals surface area contributed by atoms with Gasteiger partial charge in [-0.15, -0.1) is 0 Å². The maximum atomic E-state index is 12.7. The Balaban J connectivity index is 1.74. The summed E-state index contributed by atoms with van der Waals surface area (Å²) in [5.74, 6) is 1.11. The normalized spacial score (nSPS) is 27.5. The molecule has 3 rings (SSSR count). The number of likely N-dealkylation sites (tertiary alicyclic amines) is 1. The van der Waals surface area contributed by atoms with Crippen LogP contribution in [0.3, 0.4) is 0 Å². The van der Waals surface area contributed by atoms with Gasteiger partial charge in [0.05, 0.1) is 0 Å². The summed E-state index contributed by atoms with van der Waals surface area (Å²) in [5.41, 5.74) is 1.36. The maximum absolute atomic E-state index is 12.7. The average molecular weight is 257 g/mol. The summed E-state index contributed by atoms with van der Waals surface area (Å²) in [6, 6.07) is 10.6. The van der Waals surface area contributed by atoms with Gasteiger partial charge in [0, 0.05) is 19.0 Å². The van der Waals surface area contributed by atoms with Crippen molar-refractivity contribution in [1.29, 1.82) is 0 Å². The molecule has 1 aliphatic carbocycles. The summed E-state index contributed by atoms with van der Waals surface area (Å²) >= 11 is 0. The van der Waals surface area contributed by atoms with Crippen LogP contribution in [0.4, 0.5) is 0 Å². The first-order chi connectivity index (χ1) is 9.36. The molecule has 2 fully saturated rings. The van der Waals surface area contributed by atoms with Crippen molar-refractivity contribution in [3.8, 4) is 0 Å². The molecular formula is C17H23NO. The molecule has 1 aliphatic heterocycles. The summed E-state index contributed by atoms with van der Waals surface area (Å²) in [7, 11) is 0. The van der Waals surface area contributed by atoms with Gasteiger partial charge in [0.2, 0.25) is 5.91 Å². The van der Waals surface area contributed by atoms with Crippen molar-refractivity contribution in [1.82, 2.24) is 4.90 Å². The molecule has 0 unspecified atom stereocenters. The highest BCUT2D eigenvalue weighted by atomic mass is 16.2. The Hall–Kier alpha value is -1.31. The molecule has 102 valence electrons. The molecule has 2 heteroatoms. The molecule has 0 bridgehead atoms. The van der Waals surface area contributed by atoms with Crippen LogP contribution in [0.15, 0.2) is 30.3 Å². The smallest absolute Gasteiger partial charge is 0.226 e. The average Bonchev–Trinajstić information content (AvgIpc) is 2.98. The van der Waals surface area contributed by atoms with Crippen molar-refractivity contribution in [2.45, 2.75) is 44.4 Å². The molecule has 0 radical (unpaired) electrons. The van der Waals surface area contributed by atoms with E-state index >= 15 is 0 Å². The van der Waals surface area contributed by atoms with Crippen molar-refractivity contribution in [3.05, 3.63) is 35.9 Å². The van der Waals surface area contributed by atoms with Gasteiger partial charge >= 0.3 is 0 Å². The summed E-state index contributed by atoms with van der Waals surface area (Å²) in [6.07, 6.45) is 7.12. The van der Waals surface area contributed by atoms with E-state index < -0.39 is 0 Å². The molecule has 1 saturated heterocycles. The zero-order valence-electron chi connectivity index (χ0n) is 11.6. The Labute approximate surface area is 115 Å². The van der Waals surface area contributed by atoms with Crippen LogP contribution < -0.4 is 0 Å². The maximum Gasteiger partial charge on any atom is 0.226 e. The SMILES string of the molecule is O=C([C@H]1CCC[C@@H]1c1ccccc1)N1CCCCC1. The third-order valence-electron chi connectivity index (χ3n) is 4.73. The van der Waals surface area contributed by atoms with Gasteiger partial charge in [-0.05, 0) is 43.6 Å². The number of piperidine rings is 1. The molecule has 1 aromatic rings. The van der Waals surface area contributed by atoms with Crippen molar-refractivity contribution >= 4 is 5.91 Å². The van der Waals surface area contributed by atoms with Gasteiger partial charge in [-0.2, -0.15) is 0 Å². The molecule has 1 aromatic carbocycles. The minimum absolute atomic E-state index is 0.237. The van der Waals surface area contributed by atoms with Crippen molar-refractivity contribution in [2.75, 3.05) is 13.1 Å². The molecule has 0 spiro atoms. The summed E-state index contributed by atoms with van der Waals surface area (Å²) in [6.45, 7) is 1.97. The molecule has 1 amide bonds. The Morgan fingerprint density at radius 2 is 1.68 bits per heavy atom. The van der Waals surface area contributed by atoms with Crippen LogP contribution in [0.2, 0.25) is 0 Å². The zero-order chi connectivity index (χ0) is 13.1. The number of carbonyl (C=O) groups is 1. The molecule has 2 aliphatic rings. The van der Waals surface area contributed by atoms with E-state index in [-0.39, 0.29) is 5.92 Å². The minimum atomic E-state index is 0.237. The van der Waals surface area contributed by atoms with E-state index in [1.54, 1.807) is 0 Å². The first kappa shape index (κ1) is 12.7. The molecular weight excluding hydrogens is 234 g/mol. The zero-order valence-corrected chi connectivity index (χ0v) is 11.6. The third-order valence-corrected chi connectivity index (χ3v) is 4.73. The van der Waals surface area contributed by atoms with E-state index in [4.69, 9.17) is 0 Å². The minimum Gasteiger partial charge on any atom is -0.342 e. The van der Waals surface area contributed by atoms with E-state index in [0.717, 1.165) is 19.5 Å². The lowest BCUT2D eigenvalue weighted by Gasteiger charge is -2.31. The number of amides is 1. The second-order valence-corrected chi connectivity index (χ2v) is 5.94. The van der Waals surface area contributed by atoms with Gasteiger partial charge in [0.15, 0.2) is 0 Å². The molecule has 2 nitrogen and oxygen atoms in total. The Morgan fingerprint density at radius 3 is 2.42 bits per heavy atom. The van der Waals surface area contributed by atoms with Crippen LogP contribution in [0, 0.1) is 5.92 Å². The van der Waals surface area contributed by atoms with E-state index in [0.29, 0.717) is 11.8 Å². The second kappa shape index (κ2) is 5.77. The topological polar surface area (TPSA) is 20.3 Å². The van der Waals surface area contributed by atoms with Crippen LogP contribution in [0.5, 0.6) is 0 Å². The number of hydrogen-bond donors (Lipinski definition) is 0. The van der Waals surface area contributed by atoms with Crippen molar-refractivity contribution in [3.63, 3.8) is 0 Å². The highest BCUT2D eigenvalue weighted by Gasteiger charge is 2.36. The van der Waals surface area contributed by atoms with Gasteiger partial charge in [-0.3, -0.25) is 4.79 Å². The molecule has 0 N–H and O–H groups in total. The monoisotopic (exact) mass is 257 g/mol. The van der Waals surface area contributed by atoms with Gasteiger partial charge < -0.3 is 4.90 Å². The lowest BCUT2D eigenvalue weighted by Crippen LogP contribution is -2.40. The third kappa shape index (κ3) is 2.68. The van der Waals surface area contributed by atoms with Gasteiger partial charge in [0.25, 0.3) is 0 Å². The molecule has 1 heterocycles. The fourth-order valence-electron chi connectivity index (χ4n) is 3.70. The van der Waals surface area contributed by atoms with Crippen LogP contribution in [0.1, 0.15) is 50.0 Å². The number of carbonyl (C=O) groups excluding carboxylic acids is 1. The summed E-state index contributed by atoms with van der Waals surface area (Å²) in [4.78, 5) is 14.8. The first-order valence-electron chi connectivity index (χ1n) is 7.70. The first-order valence-corrected chi connectivity index (χ1v) is 7.70. The fourth-order valence-corrected chi connectivity index (χ4v) is 3.70. The predicted molar refractivity (Wildman–Crippen MR) is 77.0 cm³/mol. The Morgan fingerprint density at radius 1 is 0.947 bits per heavy atom. The van der Waals surface area contributed by atoms with Gasteiger partial charge in [-0.1, -0.05) is 36.8 Å². The standard InChI is InChI=1S/C17H23NO/c19-17(18-12-5-2-6-13-18)16-11-7-10-15(16)14-8-3-1-4-9-14/h1,3-4,8-9,15-16H,2,5-7,10-13H2/t15-,16+/m1/s1. The number of hydrogen-bond acceptors (Lipinski definition) is 1. The van der Waals surface area contributed by atoms with Crippen LogP contribution in [-0.2, 0) is 4.79 Å². The Bertz CT molecular complexity index is 422. The van der Waals surface area contributed by atoms with Crippen molar-refractivity contribution in [2.24, 2.45) is 5.92 Å². The van der Waals surface area contributed by atoms with Crippen LogP contribution >= 0.6 is 0 Å². The number of benzene rings is 1. The summed E-state index contributed by atoms with van der Waals surface area (Å²) in [5, 5.41) is 0. The van der Waals surface area contributed by atoms with E-state index in [1.165, 1.54) is 37.7 Å². The fraction of sp³-hybridized carbons (Fsp3) is 0.588. The van der Waals surface area contributed by atoms with Gasteiger partial charge in [0.1, 0.15) is 0 Å². The van der Waals surface area contributed by atoms with E-state index in [2.05, 4.69) is 35.2 Å². The number of nitrogens with zero attached hydrogens (tertiary/aromatic N) is 1. The molecule has 0 aromatic heterocycles. The largest absolute Gasteiger partial charge is 0.342 e. The second-order valence-electron chi connectivity index (χ2n) is 5.94. The quantitative estimate of drug-likeness (QED) is 0.793. The molecule has 1 saturated carbocycles. The highest BCUT2D eigenvalue weighted by molar-refractivity contribution is 5.80. The lowest BCUT2D eigenvalue weighted by molar-refractivity contribution is -0.136. The van der Waals surface area contributed by atoms with E-state index in [9.17, 15) is 4.79 Å². The number of rotatable bonds is 2. The Kier molecular flexibility index (Phi) is 3.86. The van der Waals surface area contributed by atoms with Crippen LogP contribution in [0.25, 0.3) is 0 Å². The molecule has 19 heavy (non-hydrogen) atoms. The molecule has 2 atom stereocenters. The summed E-state index contributed by atoms with van der Waals surface area (Å²) < 4.78 is 0. The highest BCUT2D eigenvalue weighted by Crippen LogP contribution is 2.40. The van der Waals surface area contributed by atoms with Crippen molar-refractivity contribution < 1.29 is 4.79 Å². The van der Waals surface area contributed by atoms with Crippen LogP contribution in [-0.4, -0.2) is 23.9 Å².